The van der Waals surface area contributed by atoms with Crippen LogP contribution >= 0.6 is 0 Å². The number of hydrogen-bond donors (Lipinski definition) is 2. The number of carbonyl (C=O) groups excluding carboxylic acids is 2. The van der Waals surface area contributed by atoms with Crippen LogP contribution in [0.5, 0.6) is 0 Å². The number of benzene rings is 3. The van der Waals surface area contributed by atoms with Crippen molar-refractivity contribution in [1.82, 2.24) is 0 Å². The van der Waals surface area contributed by atoms with Crippen LogP contribution in [0.3, 0.4) is 0 Å². The normalized spacial score (nSPS) is 13.1. The maximum absolute atomic E-state index is 13.4. The third-order valence-electron chi connectivity index (χ3n) is 6.26. The van der Waals surface area contributed by atoms with E-state index in [9.17, 15) is 9.59 Å². The SMILES string of the molecule is CCOC(=O)Cc1ccccc1NC(=O)c1cc(-c2cccc(CN)c2)c2oc(C3CC3)cc2c1. The zero-order chi connectivity index (χ0) is 24.4. The summed E-state index contributed by atoms with van der Waals surface area (Å²) in [6.45, 7) is 2.52. The van der Waals surface area contributed by atoms with Crippen molar-refractivity contribution in [3.63, 3.8) is 0 Å². The molecule has 1 amide bonds. The molecule has 1 aliphatic carbocycles. The number of carbonyl (C=O) groups is 2. The minimum Gasteiger partial charge on any atom is -0.466 e. The molecule has 0 atom stereocenters. The lowest BCUT2D eigenvalue weighted by Gasteiger charge is -2.12. The lowest BCUT2D eigenvalue weighted by molar-refractivity contribution is -0.142. The summed E-state index contributed by atoms with van der Waals surface area (Å²) in [4.78, 5) is 25.4. The van der Waals surface area contributed by atoms with Crippen LogP contribution in [-0.2, 0) is 22.5 Å². The van der Waals surface area contributed by atoms with Crippen molar-refractivity contribution in [2.24, 2.45) is 5.73 Å². The van der Waals surface area contributed by atoms with E-state index < -0.39 is 0 Å². The van der Waals surface area contributed by atoms with E-state index in [0.717, 1.165) is 46.3 Å². The highest BCUT2D eigenvalue weighted by molar-refractivity contribution is 6.09. The molecule has 3 N–H and O–H groups in total. The first kappa shape index (κ1) is 22.9. The fraction of sp³-hybridized carbons (Fsp3) is 0.241. The largest absolute Gasteiger partial charge is 0.466 e. The number of nitrogens with two attached hydrogens (primary N) is 1. The molecule has 1 aromatic heterocycles. The summed E-state index contributed by atoms with van der Waals surface area (Å²) >= 11 is 0. The number of amides is 1. The van der Waals surface area contributed by atoms with Crippen molar-refractivity contribution in [2.75, 3.05) is 11.9 Å². The van der Waals surface area contributed by atoms with Crippen molar-refractivity contribution in [3.8, 4) is 11.1 Å². The van der Waals surface area contributed by atoms with Gasteiger partial charge in [-0.25, -0.2) is 0 Å². The Morgan fingerprint density at radius 3 is 2.66 bits per heavy atom. The Labute approximate surface area is 204 Å². The summed E-state index contributed by atoms with van der Waals surface area (Å²) in [5.74, 6) is 0.837. The van der Waals surface area contributed by atoms with E-state index >= 15 is 0 Å². The molecule has 0 radical (unpaired) electrons. The van der Waals surface area contributed by atoms with E-state index in [1.165, 1.54) is 0 Å². The molecule has 0 saturated heterocycles. The number of nitrogens with one attached hydrogen (secondary N) is 1. The van der Waals surface area contributed by atoms with Gasteiger partial charge in [-0.15, -0.1) is 0 Å². The van der Waals surface area contributed by atoms with E-state index in [0.29, 0.717) is 35.9 Å². The molecule has 1 fully saturated rings. The van der Waals surface area contributed by atoms with Gasteiger partial charge in [0, 0.05) is 34.7 Å². The molecular weight excluding hydrogens is 440 g/mol. The van der Waals surface area contributed by atoms with Crippen LogP contribution < -0.4 is 11.1 Å². The first-order chi connectivity index (χ1) is 17.1. The average Bonchev–Trinajstić information content (AvgIpc) is 3.63. The third-order valence-corrected chi connectivity index (χ3v) is 6.26. The summed E-state index contributed by atoms with van der Waals surface area (Å²) in [7, 11) is 0. The van der Waals surface area contributed by atoms with Crippen LogP contribution in [0.4, 0.5) is 5.69 Å². The van der Waals surface area contributed by atoms with Gasteiger partial charge in [-0.05, 0) is 66.8 Å². The van der Waals surface area contributed by atoms with Gasteiger partial charge >= 0.3 is 5.97 Å². The molecule has 35 heavy (non-hydrogen) atoms. The van der Waals surface area contributed by atoms with Crippen molar-refractivity contribution >= 4 is 28.5 Å². The van der Waals surface area contributed by atoms with Crippen LogP contribution in [0.15, 0.2) is 71.1 Å². The average molecular weight is 469 g/mol. The van der Waals surface area contributed by atoms with Crippen molar-refractivity contribution in [3.05, 3.63) is 89.2 Å². The lowest BCUT2D eigenvalue weighted by atomic mass is 9.98. The second-order valence-corrected chi connectivity index (χ2v) is 8.86. The summed E-state index contributed by atoms with van der Waals surface area (Å²) in [6.07, 6.45) is 2.34. The standard InChI is InChI=1S/C29H28N2O4/c1-2-34-27(32)16-21-7-3-4-9-25(21)31-29(33)23-13-22-15-26(19-10-11-19)35-28(22)24(14-23)20-8-5-6-18(12-20)17-30/h3-9,12-15,19H,2,10-11,16-17,30H2,1H3,(H,31,33). The van der Waals surface area contributed by atoms with Crippen LogP contribution in [-0.4, -0.2) is 18.5 Å². The molecule has 5 rings (SSSR count). The number of furan rings is 1. The maximum atomic E-state index is 13.4. The number of hydrogen-bond acceptors (Lipinski definition) is 5. The second kappa shape index (κ2) is 9.76. The number of rotatable bonds is 8. The number of fused-ring (bicyclic) bond motifs is 1. The minimum atomic E-state index is -0.330. The number of esters is 1. The smallest absolute Gasteiger partial charge is 0.310 e. The van der Waals surface area contributed by atoms with Gasteiger partial charge in [-0.3, -0.25) is 9.59 Å². The summed E-state index contributed by atoms with van der Waals surface area (Å²) in [5.41, 5.74) is 11.3. The van der Waals surface area contributed by atoms with Crippen molar-refractivity contribution in [1.29, 1.82) is 0 Å². The highest BCUT2D eigenvalue weighted by Crippen LogP contribution is 2.44. The van der Waals surface area contributed by atoms with Crippen molar-refractivity contribution in [2.45, 2.75) is 38.6 Å². The monoisotopic (exact) mass is 468 g/mol. The Bertz CT molecular complexity index is 1400. The number of para-hydroxylation sites is 1. The third kappa shape index (κ3) is 4.98. The molecule has 0 unspecified atom stereocenters. The zero-order valence-corrected chi connectivity index (χ0v) is 19.7. The Morgan fingerprint density at radius 1 is 1.06 bits per heavy atom. The number of anilines is 1. The predicted octanol–water partition coefficient (Wildman–Crippen LogP) is 5.79. The van der Waals surface area contributed by atoms with Gasteiger partial charge in [0.2, 0.25) is 0 Å². The van der Waals surface area contributed by atoms with Gasteiger partial charge in [0.25, 0.3) is 5.91 Å². The quantitative estimate of drug-likeness (QED) is 0.319. The zero-order valence-electron chi connectivity index (χ0n) is 19.7. The summed E-state index contributed by atoms with van der Waals surface area (Å²) < 4.78 is 11.4. The predicted molar refractivity (Wildman–Crippen MR) is 136 cm³/mol. The Balaban J connectivity index is 1.52. The fourth-order valence-electron chi connectivity index (χ4n) is 4.31. The van der Waals surface area contributed by atoms with E-state index in [1.807, 2.05) is 54.6 Å². The highest BCUT2D eigenvalue weighted by Gasteiger charge is 2.28. The Hall–Kier alpha value is -3.90. The van der Waals surface area contributed by atoms with Gasteiger partial charge in [0.15, 0.2) is 0 Å². The molecule has 4 aromatic rings. The molecular formula is C29H28N2O4. The molecule has 1 saturated carbocycles. The lowest BCUT2D eigenvalue weighted by Crippen LogP contribution is -2.15. The van der Waals surface area contributed by atoms with Gasteiger partial charge < -0.3 is 20.2 Å². The van der Waals surface area contributed by atoms with Gasteiger partial charge in [-0.2, -0.15) is 0 Å². The van der Waals surface area contributed by atoms with Gasteiger partial charge in [0.1, 0.15) is 11.3 Å². The minimum absolute atomic E-state index is 0.0902. The molecule has 1 heterocycles. The fourth-order valence-corrected chi connectivity index (χ4v) is 4.31. The maximum Gasteiger partial charge on any atom is 0.310 e. The molecule has 0 aliphatic heterocycles. The first-order valence-electron chi connectivity index (χ1n) is 12.0. The molecule has 6 nitrogen and oxygen atoms in total. The topological polar surface area (TPSA) is 94.6 Å². The summed E-state index contributed by atoms with van der Waals surface area (Å²) in [6, 6.07) is 21.0. The van der Waals surface area contributed by atoms with Crippen molar-refractivity contribution < 1.29 is 18.7 Å². The van der Waals surface area contributed by atoms with Gasteiger partial charge in [0.05, 0.1) is 13.0 Å². The van der Waals surface area contributed by atoms with Crippen LogP contribution in [0.1, 0.15) is 52.9 Å². The molecule has 0 spiro atoms. The van der Waals surface area contributed by atoms with E-state index in [-0.39, 0.29) is 18.3 Å². The molecule has 6 heteroatoms. The highest BCUT2D eigenvalue weighted by atomic mass is 16.5. The first-order valence-corrected chi connectivity index (χ1v) is 12.0. The molecule has 3 aromatic carbocycles. The summed E-state index contributed by atoms with van der Waals surface area (Å²) in [5, 5.41) is 3.88. The van der Waals surface area contributed by atoms with Crippen LogP contribution in [0.25, 0.3) is 22.1 Å². The van der Waals surface area contributed by atoms with E-state index in [1.54, 1.807) is 13.0 Å². The van der Waals surface area contributed by atoms with E-state index in [2.05, 4.69) is 11.4 Å². The Kier molecular flexibility index (Phi) is 6.38. The second-order valence-electron chi connectivity index (χ2n) is 8.86. The molecule has 0 bridgehead atoms. The molecule has 1 aliphatic rings. The number of ether oxygens (including phenoxy) is 1. The molecule has 178 valence electrons. The Morgan fingerprint density at radius 2 is 1.89 bits per heavy atom. The van der Waals surface area contributed by atoms with E-state index in [4.69, 9.17) is 14.9 Å². The van der Waals surface area contributed by atoms with Crippen LogP contribution in [0, 0.1) is 0 Å². The van der Waals surface area contributed by atoms with Crippen LogP contribution in [0.2, 0.25) is 0 Å². The van der Waals surface area contributed by atoms with Gasteiger partial charge in [-0.1, -0.05) is 36.4 Å².